The summed E-state index contributed by atoms with van der Waals surface area (Å²) in [4.78, 5) is 11.7. The van der Waals surface area contributed by atoms with Crippen LogP contribution in [0.4, 0.5) is 0 Å². The Bertz CT molecular complexity index is 204. The Kier molecular flexibility index (Phi) is 3.89. The summed E-state index contributed by atoms with van der Waals surface area (Å²) >= 11 is 0. The molecule has 2 unspecified atom stereocenters. The molecule has 0 spiro atoms. The molecule has 0 amide bonds. The molecule has 14 heavy (non-hydrogen) atoms. The van der Waals surface area contributed by atoms with Gasteiger partial charge in [0.25, 0.3) is 0 Å². The van der Waals surface area contributed by atoms with Gasteiger partial charge in [0.15, 0.2) is 6.79 Å². The van der Waals surface area contributed by atoms with Gasteiger partial charge in [0, 0.05) is 19.2 Å². The highest BCUT2D eigenvalue weighted by atomic mass is 16.7. The quantitative estimate of drug-likeness (QED) is 0.300. The van der Waals surface area contributed by atoms with Gasteiger partial charge in [0.2, 0.25) is 0 Å². The summed E-state index contributed by atoms with van der Waals surface area (Å²) in [5.74, 6) is -0.163. The van der Waals surface area contributed by atoms with Crippen LogP contribution in [-0.2, 0) is 14.3 Å². The van der Waals surface area contributed by atoms with Crippen molar-refractivity contribution in [3.63, 3.8) is 0 Å². The zero-order valence-electron chi connectivity index (χ0n) is 9.13. The number of carbonyl (C=O) groups is 1. The molecular weight excluding hydrogens is 182 g/mol. The van der Waals surface area contributed by atoms with Crippen LogP contribution in [0.15, 0.2) is 0 Å². The Balaban J connectivity index is 2.39. The Morgan fingerprint density at radius 1 is 1.57 bits per heavy atom. The highest BCUT2D eigenvalue weighted by Crippen LogP contribution is 2.32. The molecule has 1 aliphatic heterocycles. The second-order valence-electron chi connectivity index (χ2n) is 3.77. The van der Waals surface area contributed by atoms with E-state index in [2.05, 4.69) is 5.32 Å². The minimum Gasteiger partial charge on any atom is -0.438 e. The van der Waals surface area contributed by atoms with Crippen LogP contribution >= 0.6 is 0 Å². The fraction of sp³-hybridized carbons (Fsp3) is 0.900. The molecule has 4 heteroatoms. The molecule has 1 aliphatic rings. The Morgan fingerprint density at radius 3 is 2.64 bits per heavy atom. The van der Waals surface area contributed by atoms with Crippen molar-refractivity contribution in [2.45, 2.75) is 33.2 Å². The fourth-order valence-electron chi connectivity index (χ4n) is 1.39. The number of carbonyl (C=O) groups excluding carboxylic acids is 1. The van der Waals surface area contributed by atoms with E-state index in [0.29, 0.717) is 6.61 Å². The summed E-state index contributed by atoms with van der Waals surface area (Å²) in [5, 5.41) is 3.16. The molecule has 4 nitrogen and oxygen atoms in total. The molecule has 0 radical (unpaired) electrons. The van der Waals surface area contributed by atoms with Crippen LogP contribution in [0, 0.1) is 5.41 Å². The van der Waals surface area contributed by atoms with Crippen LogP contribution in [0.2, 0.25) is 0 Å². The second kappa shape index (κ2) is 4.75. The van der Waals surface area contributed by atoms with E-state index < -0.39 is 5.41 Å². The summed E-state index contributed by atoms with van der Waals surface area (Å²) < 4.78 is 10.0. The first-order valence-electron chi connectivity index (χ1n) is 5.13. The average Bonchev–Trinajstić information content (AvgIpc) is 3.00. The molecular formula is C10H19NO3. The van der Waals surface area contributed by atoms with E-state index in [9.17, 15) is 4.79 Å². The third kappa shape index (κ3) is 2.45. The lowest BCUT2D eigenvalue weighted by atomic mass is 9.84. The third-order valence-corrected chi connectivity index (χ3v) is 2.86. The molecule has 0 aromatic heterocycles. The lowest BCUT2D eigenvalue weighted by Crippen LogP contribution is -2.36. The highest BCUT2D eigenvalue weighted by Gasteiger charge is 2.46. The van der Waals surface area contributed by atoms with Crippen LogP contribution in [0.3, 0.4) is 0 Å². The van der Waals surface area contributed by atoms with Gasteiger partial charge in [0.1, 0.15) is 0 Å². The maximum atomic E-state index is 11.7. The Hall–Kier alpha value is -0.610. The fourth-order valence-corrected chi connectivity index (χ4v) is 1.39. The minimum absolute atomic E-state index is 0.0671. The molecule has 2 atom stereocenters. The van der Waals surface area contributed by atoms with Gasteiger partial charge in [0.05, 0.1) is 5.41 Å². The molecule has 1 N–H and O–H groups in total. The predicted octanol–water partition coefficient (Wildman–Crippen LogP) is 0.912. The van der Waals surface area contributed by atoms with Crippen molar-refractivity contribution in [2.75, 3.05) is 19.9 Å². The van der Waals surface area contributed by atoms with Crippen LogP contribution < -0.4 is 5.32 Å². The van der Waals surface area contributed by atoms with E-state index in [-0.39, 0.29) is 18.8 Å². The molecule has 0 aromatic rings. The largest absolute Gasteiger partial charge is 0.438 e. The smallest absolute Gasteiger partial charge is 0.315 e. The molecule has 0 saturated carbocycles. The number of ether oxygens (including phenoxy) is 2. The van der Waals surface area contributed by atoms with E-state index in [1.165, 1.54) is 0 Å². The average molecular weight is 201 g/mol. The maximum Gasteiger partial charge on any atom is 0.315 e. The molecule has 0 aromatic carbocycles. The van der Waals surface area contributed by atoms with Gasteiger partial charge in [-0.15, -0.1) is 0 Å². The standard InChI is InChI=1S/C10H19NO3/c1-4-10(3,8-6-11-8)9(12)14-7-13-5-2/h8,11H,4-7H2,1-3H3. The van der Waals surface area contributed by atoms with Gasteiger partial charge >= 0.3 is 5.97 Å². The van der Waals surface area contributed by atoms with Gasteiger partial charge in [-0.2, -0.15) is 0 Å². The van der Waals surface area contributed by atoms with E-state index in [1.54, 1.807) is 0 Å². The number of nitrogens with one attached hydrogen (secondary N) is 1. The minimum atomic E-state index is -0.392. The normalized spacial score (nSPS) is 24.1. The van der Waals surface area contributed by atoms with Gasteiger partial charge in [-0.1, -0.05) is 6.92 Å². The zero-order chi connectivity index (χ0) is 10.6. The molecule has 1 fully saturated rings. The number of hydrogen-bond donors (Lipinski definition) is 1. The number of esters is 1. The topological polar surface area (TPSA) is 57.5 Å². The van der Waals surface area contributed by atoms with Crippen molar-refractivity contribution in [3.8, 4) is 0 Å². The van der Waals surface area contributed by atoms with Crippen LogP contribution in [0.25, 0.3) is 0 Å². The monoisotopic (exact) mass is 201 g/mol. The summed E-state index contributed by atoms with van der Waals surface area (Å²) in [6, 6.07) is 0.279. The van der Waals surface area contributed by atoms with E-state index >= 15 is 0 Å². The van der Waals surface area contributed by atoms with Gasteiger partial charge < -0.3 is 14.8 Å². The molecule has 0 aliphatic carbocycles. The van der Waals surface area contributed by atoms with Gasteiger partial charge in [-0.3, -0.25) is 4.79 Å². The van der Waals surface area contributed by atoms with E-state index in [1.807, 2.05) is 20.8 Å². The van der Waals surface area contributed by atoms with Gasteiger partial charge in [-0.25, -0.2) is 0 Å². The lowest BCUT2D eigenvalue weighted by molar-refractivity contribution is -0.167. The maximum absolute atomic E-state index is 11.7. The Labute approximate surface area is 85.0 Å². The van der Waals surface area contributed by atoms with Crippen molar-refractivity contribution in [2.24, 2.45) is 5.41 Å². The van der Waals surface area contributed by atoms with Crippen LogP contribution in [0.5, 0.6) is 0 Å². The number of rotatable bonds is 6. The van der Waals surface area contributed by atoms with E-state index in [0.717, 1.165) is 13.0 Å². The molecule has 1 heterocycles. The molecule has 82 valence electrons. The van der Waals surface area contributed by atoms with Crippen molar-refractivity contribution in [1.29, 1.82) is 0 Å². The molecule has 1 rings (SSSR count). The van der Waals surface area contributed by atoms with Crippen LogP contribution in [0.1, 0.15) is 27.2 Å². The number of hydrogen-bond acceptors (Lipinski definition) is 4. The summed E-state index contributed by atoms with van der Waals surface area (Å²) in [5.41, 5.74) is -0.392. The second-order valence-corrected chi connectivity index (χ2v) is 3.77. The molecule has 0 bridgehead atoms. The van der Waals surface area contributed by atoms with Crippen molar-refractivity contribution in [3.05, 3.63) is 0 Å². The lowest BCUT2D eigenvalue weighted by Gasteiger charge is -2.24. The SMILES string of the molecule is CCOCOC(=O)C(C)(CC)C1CN1. The third-order valence-electron chi connectivity index (χ3n) is 2.86. The highest BCUT2D eigenvalue weighted by molar-refractivity contribution is 5.77. The van der Waals surface area contributed by atoms with Gasteiger partial charge in [-0.05, 0) is 20.3 Å². The molecule has 1 saturated heterocycles. The Morgan fingerprint density at radius 2 is 2.21 bits per heavy atom. The van der Waals surface area contributed by atoms with Crippen LogP contribution in [-0.4, -0.2) is 32.0 Å². The van der Waals surface area contributed by atoms with E-state index in [4.69, 9.17) is 9.47 Å². The summed E-state index contributed by atoms with van der Waals surface area (Å²) in [6.07, 6.45) is 0.787. The first kappa shape index (κ1) is 11.5. The summed E-state index contributed by atoms with van der Waals surface area (Å²) in [6.45, 7) is 7.35. The first-order valence-corrected chi connectivity index (χ1v) is 5.13. The van der Waals surface area contributed by atoms with Crippen molar-refractivity contribution in [1.82, 2.24) is 5.32 Å². The van der Waals surface area contributed by atoms with Crippen molar-refractivity contribution < 1.29 is 14.3 Å². The predicted molar refractivity (Wildman–Crippen MR) is 52.8 cm³/mol. The summed E-state index contributed by atoms with van der Waals surface area (Å²) in [7, 11) is 0. The van der Waals surface area contributed by atoms with Crippen molar-refractivity contribution >= 4 is 5.97 Å². The first-order chi connectivity index (χ1) is 6.65. The zero-order valence-corrected chi connectivity index (χ0v) is 9.13.